The minimum absolute atomic E-state index is 0.0335. The average Bonchev–Trinajstić information content (AvgIpc) is 2.47. The molecule has 0 bridgehead atoms. The van der Waals surface area contributed by atoms with Crippen molar-refractivity contribution in [2.45, 2.75) is 24.7 Å². The number of hydrogen-bond donors (Lipinski definition) is 1. The van der Waals surface area contributed by atoms with E-state index in [0.29, 0.717) is 5.69 Å². The van der Waals surface area contributed by atoms with Crippen LogP contribution < -0.4 is 4.72 Å². The summed E-state index contributed by atoms with van der Waals surface area (Å²) in [6.07, 6.45) is 3.89. The van der Waals surface area contributed by atoms with E-state index in [1.807, 2.05) is 19.9 Å². The second-order valence-corrected chi connectivity index (χ2v) is 6.25. The molecule has 0 saturated carbocycles. The predicted octanol–water partition coefficient (Wildman–Crippen LogP) is 1.67. The molecule has 0 aliphatic carbocycles. The van der Waals surface area contributed by atoms with Gasteiger partial charge in [0.2, 0.25) is 0 Å². The fourth-order valence-corrected chi connectivity index (χ4v) is 2.68. The quantitative estimate of drug-likeness (QED) is 0.920. The van der Waals surface area contributed by atoms with Crippen molar-refractivity contribution in [1.29, 1.82) is 5.26 Å². The van der Waals surface area contributed by atoms with Gasteiger partial charge in [-0.2, -0.15) is 5.26 Å². The number of pyridine rings is 1. The van der Waals surface area contributed by atoms with E-state index < -0.39 is 10.0 Å². The molecule has 0 amide bonds. The highest BCUT2D eigenvalue weighted by Gasteiger charge is 2.18. The fourth-order valence-electron chi connectivity index (χ4n) is 1.70. The predicted molar refractivity (Wildman–Crippen MR) is 75.9 cm³/mol. The van der Waals surface area contributed by atoms with Crippen molar-refractivity contribution in [2.24, 2.45) is 0 Å². The SMILES string of the molecule is CC(C)c1ncc(S(=O)(=O)Nc2ccncn2)cc1C#N. The van der Waals surface area contributed by atoms with Gasteiger partial charge in [0, 0.05) is 12.4 Å². The third-order valence-corrected chi connectivity index (χ3v) is 4.01. The van der Waals surface area contributed by atoms with E-state index >= 15 is 0 Å². The Kier molecular flexibility index (Phi) is 4.14. The molecule has 0 spiro atoms. The number of hydrogen-bond acceptors (Lipinski definition) is 6. The molecule has 0 atom stereocenters. The third-order valence-electron chi connectivity index (χ3n) is 2.69. The largest absolute Gasteiger partial charge is 0.264 e. The zero-order chi connectivity index (χ0) is 15.5. The van der Waals surface area contributed by atoms with Gasteiger partial charge < -0.3 is 0 Å². The zero-order valence-electron chi connectivity index (χ0n) is 11.5. The maximum Gasteiger partial charge on any atom is 0.264 e. The van der Waals surface area contributed by atoms with Gasteiger partial charge in [-0.1, -0.05) is 13.8 Å². The highest BCUT2D eigenvalue weighted by atomic mass is 32.2. The molecule has 0 saturated heterocycles. The molecule has 2 aromatic rings. The summed E-state index contributed by atoms with van der Waals surface area (Å²) < 4.78 is 26.8. The molecule has 2 aromatic heterocycles. The second kappa shape index (κ2) is 5.85. The lowest BCUT2D eigenvalue weighted by Crippen LogP contribution is -2.15. The van der Waals surface area contributed by atoms with Crippen LogP contribution in [0.5, 0.6) is 0 Å². The first kappa shape index (κ1) is 14.9. The Morgan fingerprint density at radius 2 is 2.10 bits per heavy atom. The molecule has 0 aliphatic heterocycles. The summed E-state index contributed by atoms with van der Waals surface area (Å²) in [6.45, 7) is 3.77. The Morgan fingerprint density at radius 3 is 2.67 bits per heavy atom. The number of rotatable bonds is 4. The first-order valence-electron chi connectivity index (χ1n) is 6.13. The fraction of sp³-hybridized carbons (Fsp3) is 0.231. The van der Waals surface area contributed by atoms with Gasteiger partial charge in [-0.25, -0.2) is 18.4 Å². The lowest BCUT2D eigenvalue weighted by molar-refractivity contribution is 0.600. The van der Waals surface area contributed by atoms with Crippen LogP contribution in [0.15, 0.2) is 35.7 Å². The molecule has 0 radical (unpaired) electrons. The summed E-state index contributed by atoms with van der Waals surface area (Å²) in [5.74, 6) is 0.183. The van der Waals surface area contributed by atoms with Crippen molar-refractivity contribution < 1.29 is 8.42 Å². The number of nitrogens with one attached hydrogen (secondary N) is 1. The van der Waals surface area contributed by atoms with Crippen LogP contribution in [0.2, 0.25) is 0 Å². The molecule has 7 nitrogen and oxygen atoms in total. The summed E-state index contributed by atoms with van der Waals surface area (Å²) in [5.41, 5.74) is 0.814. The minimum Gasteiger partial charge on any atom is -0.263 e. The van der Waals surface area contributed by atoms with Gasteiger partial charge in [0.05, 0.1) is 11.3 Å². The topological polar surface area (TPSA) is 109 Å². The van der Waals surface area contributed by atoms with Crippen molar-refractivity contribution in [2.75, 3.05) is 4.72 Å². The van der Waals surface area contributed by atoms with Crippen molar-refractivity contribution >= 4 is 15.8 Å². The van der Waals surface area contributed by atoms with Gasteiger partial charge in [-0.3, -0.25) is 9.71 Å². The van der Waals surface area contributed by atoms with Crippen LogP contribution in [0.1, 0.15) is 31.0 Å². The maximum absolute atomic E-state index is 12.2. The number of nitrogens with zero attached hydrogens (tertiary/aromatic N) is 4. The van der Waals surface area contributed by atoms with Gasteiger partial charge in [-0.05, 0) is 18.1 Å². The number of anilines is 1. The lowest BCUT2D eigenvalue weighted by Gasteiger charge is -2.10. The Bertz CT molecular complexity index is 782. The molecular formula is C13H13N5O2S. The van der Waals surface area contributed by atoms with E-state index in [9.17, 15) is 8.42 Å². The van der Waals surface area contributed by atoms with Crippen LogP contribution in [-0.2, 0) is 10.0 Å². The van der Waals surface area contributed by atoms with Gasteiger partial charge in [-0.15, -0.1) is 0 Å². The smallest absolute Gasteiger partial charge is 0.263 e. The van der Waals surface area contributed by atoms with E-state index in [4.69, 9.17) is 5.26 Å². The lowest BCUT2D eigenvalue weighted by atomic mass is 10.1. The van der Waals surface area contributed by atoms with E-state index in [2.05, 4.69) is 19.7 Å². The first-order valence-corrected chi connectivity index (χ1v) is 7.61. The molecular weight excluding hydrogens is 290 g/mol. The molecule has 108 valence electrons. The molecule has 2 rings (SSSR count). The molecule has 8 heteroatoms. The average molecular weight is 303 g/mol. The third kappa shape index (κ3) is 3.32. The summed E-state index contributed by atoms with van der Waals surface area (Å²) in [7, 11) is -3.84. The zero-order valence-corrected chi connectivity index (χ0v) is 12.3. The minimum atomic E-state index is -3.84. The molecule has 0 aromatic carbocycles. The van der Waals surface area contributed by atoms with E-state index in [1.165, 1.54) is 30.9 Å². The number of sulfonamides is 1. The molecule has 21 heavy (non-hydrogen) atoms. The Hall–Kier alpha value is -2.53. The van der Waals surface area contributed by atoms with Crippen LogP contribution in [-0.4, -0.2) is 23.4 Å². The van der Waals surface area contributed by atoms with E-state index in [1.54, 1.807) is 0 Å². The first-order chi connectivity index (χ1) is 9.94. The number of aromatic nitrogens is 3. The molecule has 0 aliphatic rings. The van der Waals surface area contributed by atoms with Crippen molar-refractivity contribution in [1.82, 2.24) is 15.0 Å². The highest BCUT2D eigenvalue weighted by Crippen LogP contribution is 2.20. The normalized spacial score (nSPS) is 11.1. The Labute approximate surface area is 122 Å². The van der Waals surface area contributed by atoms with Crippen molar-refractivity contribution in [3.05, 3.63) is 42.1 Å². The molecule has 0 unspecified atom stereocenters. The van der Waals surface area contributed by atoms with Crippen molar-refractivity contribution in [3.8, 4) is 6.07 Å². The standard InChI is InChI=1S/C13H13N5O2S/c1-9(2)13-10(6-14)5-11(7-16-13)21(19,20)18-12-3-4-15-8-17-12/h3-5,7-9H,1-2H3,(H,15,17,18). The molecule has 0 fully saturated rings. The van der Waals surface area contributed by atoms with Crippen LogP contribution >= 0.6 is 0 Å². The monoisotopic (exact) mass is 303 g/mol. The highest BCUT2D eigenvalue weighted by molar-refractivity contribution is 7.92. The summed E-state index contributed by atoms with van der Waals surface area (Å²) >= 11 is 0. The Morgan fingerprint density at radius 1 is 1.33 bits per heavy atom. The van der Waals surface area contributed by atoms with Gasteiger partial charge >= 0.3 is 0 Å². The summed E-state index contributed by atoms with van der Waals surface area (Å²) in [4.78, 5) is 11.5. The summed E-state index contributed by atoms with van der Waals surface area (Å²) in [5, 5.41) is 9.12. The van der Waals surface area contributed by atoms with Gasteiger partial charge in [0.25, 0.3) is 10.0 Å². The Balaban J connectivity index is 2.40. The van der Waals surface area contributed by atoms with Crippen LogP contribution in [0.4, 0.5) is 5.82 Å². The van der Waals surface area contributed by atoms with E-state index in [0.717, 1.165) is 0 Å². The van der Waals surface area contributed by atoms with Crippen molar-refractivity contribution in [3.63, 3.8) is 0 Å². The summed E-state index contributed by atoms with van der Waals surface area (Å²) in [6, 6.07) is 4.71. The van der Waals surface area contributed by atoms with Gasteiger partial charge in [0.15, 0.2) is 0 Å². The molecule has 1 N–H and O–H groups in total. The van der Waals surface area contributed by atoms with Crippen LogP contribution in [0, 0.1) is 11.3 Å². The van der Waals surface area contributed by atoms with Gasteiger partial charge in [0.1, 0.15) is 23.1 Å². The second-order valence-electron chi connectivity index (χ2n) is 4.57. The maximum atomic E-state index is 12.2. The number of nitriles is 1. The van der Waals surface area contributed by atoms with Crippen LogP contribution in [0.3, 0.4) is 0 Å². The van der Waals surface area contributed by atoms with Crippen LogP contribution in [0.25, 0.3) is 0 Å². The molecule has 2 heterocycles. The van der Waals surface area contributed by atoms with E-state index in [-0.39, 0.29) is 22.2 Å².